The molecule has 0 aliphatic carbocycles. The Balaban J connectivity index is 3.94. The van der Waals surface area contributed by atoms with Crippen LogP contribution in [0.15, 0.2) is 0 Å². The first-order chi connectivity index (χ1) is 6.02. The van der Waals surface area contributed by atoms with Gasteiger partial charge in [-0.25, -0.2) is 0 Å². The van der Waals surface area contributed by atoms with Gasteiger partial charge in [0.1, 0.15) is 24.6 Å². The second kappa shape index (κ2) is 6.01. The van der Waals surface area contributed by atoms with Crippen molar-refractivity contribution in [2.75, 3.05) is 6.61 Å². The highest BCUT2D eigenvalue weighted by molar-refractivity contribution is 5.55. The van der Waals surface area contributed by atoms with Crippen molar-refractivity contribution in [2.45, 2.75) is 30.8 Å². The zero-order valence-corrected chi connectivity index (χ0v) is 6.95. The van der Waals surface area contributed by atoms with Crippen molar-refractivity contribution in [2.24, 2.45) is 0 Å². The van der Waals surface area contributed by atoms with Crippen LogP contribution >= 0.6 is 0 Å². The summed E-state index contributed by atoms with van der Waals surface area (Å²) in [6.07, 6.45) is -6.03. The fourth-order valence-corrected chi connectivity index (χ4v) is 0.807. The minimum Gasteiger partial charge on any atom is -0.394 e. The summed E-state index contributed by atoms with van der Waals surface area (Å²) in [5.41, 5.74) is 0. The number of aliphatic hydroxyl groups is 5. The molecule has 0 aliphatic heterocycles. The van der Waals surface area contributed by atoms with Gasteiger partial charge < -0.3 is 30.3 Å². The summed E-state index contributed by atoms with van der Waals surface area (Å²) in [4.78, 5) is 9.95. The van der Waals surface area contributed by atoms with Crippen LogP contribution in [0, 0.1) is 0 Å². The molecular formula is C7H14O6. The van der Waals surface area contributed by atoms with E-state index in [1.54, 1.807) is 0 Å². The monoisotopic (exact) mass is 194 g/mol. The average molecular weight is 194 g/mol. The molecule has 0 rings (SSSR count). The van der Waals surface area contributed by atoms with Gasteiger partial charge >= 0.3 is 0 Å². The molecule has 0 radical (unpaired) electrons. The van der Waals surface area contributed by atoms with E-state index in [0.29, 0.717) is 0 Å². The smallest absolute Gasteiger partial charge is 0.148 e. The highest BCUT2D eigenvalue weighted by Crippen LogP contribution is 2.05. The van der Waals surface area contributed by atoms with Crippen molar-refractivity contribution in [3.63, 3.8) is 0 Å². The molecular weight excluding hydrogens is 180 g/mol. The highest BCUT2D eigenvalue weighted by Gasteiger charge is 2.25. The summed E-state index contributed by atoms with van der Waals surface area (Å²) in [5.74, 6) is 0. The standard InChI is InChI=1S/C7H14O6/c8-2-4(10)1-5(11)7(13)6(12)3-9/h2,4-7,9-13H,1,3H2/t4-,5+,6+,7+/m0/s1. The second-order valence-corrected chi connectivity index (χ2v) is 2.75. The van der Waals surface area contributed by atoms with Crippen molar-refractivity contribution in [1.82, 2.24) is 0 Å². The molecule has 0 aromatic heterocycles. The zero-order valence-electron chi connectivity index (χ0n) is 6.95. The molecule has 0 amide bonds. The van der Waals surface area contributed by atoms with Crippen LogP contribution in [0.1, 0.15) is 6.42 Å². The molecule has 0 spiro atoms. The first-order valence-corrected chi connectivity index (χ1v) is 3.81. The average Bonchev–Trinajstić information content (AvgIpc) is 2.14. The van der Waals surface area contributed by atoms with Crippen LogP contribution in [0.2, 0.25) is 0 Å². The molecule has 13 heavy (non-hydrogen) atoms. The number of hydrogen-bond donors (Lipinski definition) is 5. The Morgan fingerprint density at radius 3 is 2.00 bits per heavy atom. The van der Waals surface area contributed by atoms with Gasteiger partial charge in [0.25, 0.3) is 0 Å². The van der Waals surface area contributed by atoms with Gasteiger partial charge in [-0.05, 0) is 0 Å². The van der Waals surface area contributed by atoms with Gasteiger partial charge in [-0.15, -0.1) is 0 Å². The van der Waals surface area contributed by atoms with E-state index in [2.05, 4.69) is 0 Å². The normalized spacial score (nSPS) is 20.4. The molecule has 0 aromatic rings. The van der Waals surface area contributed by atoms with Gasteiger partial charge in [0, 0.05) is 6.42 Å². The van der Waals surface area contributed by atoms with E-state index in [-0.39, 0.29) is 12.7 Å². The van der Waals surface area contributed by atoms with Gasteiger partial charge in [-0.1, -0.05) is 0 Å². The van der Waals surface area contributed by atoms with E-state index >= 15 is 0 Å². The Morgan fingerprint density at radius 2 is 1.62 bits per heavy atom. The van der Waals surface area contributed by atoms with Crippen molar-refractivity contribution in [1.29, 1.82) is 0 Å². The minimum atomic E-state index is -1.57. The molecule has 0 aliphatic rings. The van der Waals surface area contributed by atoms with Crippen LogP contribution in [-0.2, 0) is 4.79 Å². The summed E-state index contributed by atoms with van der Waals surface area (Å²) in [6.45, 7) is -0.699. The summed E-state index contributed by atoms with van der Waals surface area (Å²) in [6, 6.07) is 0. The molecule has 6 heteroatoms. The van der Waals surface area contributed by atoms with Gasteiger partial charge in [0.15, 0.2) is 0 Å². The van der Waals surface area contributed by atoms with E-state index in [1.165, 1.54) is 0 Å². The predicted molar refractivity (Wildman–Crippen MR) is 41.8 cm³/mol. The van der Waals surface area contributed by atoms with E-state index in [4.69, 9.17) is 25.5 Å². The van der Waals surface area contributed by atoms with Crippen LogP contribution in [0.25, 0.3) is 0 Å². The molecule has 78 valence electrons. The molecule has 0 aromatic carbocycles. The number of carbonyl (C=O) groups excluding carboxylic acids is 1. The van der Waals surface area contributed by atoms with Crippen molar-refractivity contribution < 1.29 is 30.3 Å². The number of hydrogen-bond acceptors (Lipinski definition) is 6. The SMILES string of the molecule is O=C[C@@H](O)C[C@@H](O)[C@@H](O)[C@H](O)CO. The minimum absolute atomic E-state index is 0.210. The predicted octanol–water partition coefficient (Wildman–Crippen LogP) is -2.99. The summed E-state index contributed by atoms with van der Waals surface area (Å²) in [5, 5.41) is 44.1. The lowest BCUT2D eigenvalue weighted by molar-refractivity contribution is -0.120. The van der Waals surface area contributed by atoms with Crippen LogP contribution in [0.5, 0.6) is 0 Å². The van der Waals surface area contributed by atoms with E-state index in [0.717, 1.165) is 0 Å². The van der Waals surface area contributed by atoms with Crippen molar-refractivity contribution >= 4 is 6.29 Å². The van der Waals surface area contributed by atoms with E-state index < -0.39 is 31.0 Å². The number of rotatable bonds is 6. The Labute approximate surface area is 75.1 Å². The molecule has 6 nitrogen and oxygen atoms in total. The molecule has 0 unspecified atom stereocenters. The Bertz CT molecular complexity index is 150. The molecule has 0 bridgehead atoms. The quantitative estimate of drug-likeness (QED) is 0.288. The van der Waals surface area contributed by atoms with Gasteiger partial charge in [-0.2, -0.15) is 0 Å². The maximum atomic E-state index is 9.95. The fraction of sp³-hybridized carbons (Fsp3) is 0.857. The fourth-order valence-electron chi connectivity index (χ4n) is 0.807. The Hall–Kier alpha value is -0.530. The van der Waals surface area contributed by atoms with Crippen LogP contribution < -0.4 is 0 Å². The third kappa shape index (κ3) is 4.30. The van der Waals surface area contributed by atoms with Gasteiger partial charge in [-0.3, -0.25) is 0 Å². The number of aldehydes is 1. The topological polar surface area (TPSA) is 118 Å². The summed E-state index contributed by atoms with van der Waals surface area (Å²) >= 11 is 0. The van der Waals surface area contributed by atoms with Crippen LogP contribution in [0.3, 0.4) is 0 Å². The molecule has 5 N–H and O–H groups in total. The molecule has 0 fully saturated rings. The van der Waals surface area contributed by atoms with Crippen molar-refractivity contribution in [3.8, 4) is 0 Å². The lowest BCUT2D eigenvalue weighted by Crippen LogP contribution is -2.41. The lowest BCUT2D eigenvalue weighted by Gasteiger charge is -2.21. The molecule has 0 saturated heterocycles. The number of carbonyl (C=O) groups is 1. The Kier molecular flexibility index (Phi) is 5.76. The van der Waals surface area contributed by atoms with Gasteiger partial charge in [0.05, 0.1) is 12.7 Å². The highest BCUT2D eigenvalue weighted by atomic mass is 16.4. The third-order valence-corrected chi connectivity index (χ3v) is 1.62. The van der Waals surface area contributed by atoms with E-state index in [1.807, 2.05) is 0 Å². The molecule has 4 atom stereocenters. The maximum Gasteiger partial charge on any atom is 0.148 e. The van der Waals surface area contributed by atoms with Crippen molar-refractivity contribution in [3.05, 3.63) is 0 Å². The molecule has 0 saturated carbocycles. The summed E-state index contributed by atoms with van der Waals surface area (Å²) < 4.78 is 0. The van der Waals surface area contributed by atoms with Gasteiger partial charge in [0.2, 0.25) is 0 Å². The zero-order chi connectivity index (χ0) is 10.4. The second-order valence-electron chi connectivity index (χ2n) is 2.75. The third-order valence-electron chi connectivity index (χ3n) is 1.62. The first-order valence-electron chi connectivity index (χ1n) is 3.81. The molecule has 0 heterocycles. The summed E-state index contributed by atoms with van der Waals surface area (Å²) in [7, 11) is 0. The van der Waals surface area contributed by atoms with Crippen LogP contribution in [-0.4, -0.2) is 62.8 Å². The Morgan fingerprint density at radius 1 is 1.08 bits per heavy atom. The lowest BCUT2D eigenvalue weighted by atomic mass is 10.0. The van der Waals surface area contributed by atoms with E-state index in [9.17, 15) is 4.79 Å². The number of aliphatic hydroxyl groups excluding tert-OH is 5. The first kappa shape index (κ1) is 12.5. The maximum absolute atomic E-state index is 9.95. The largest absolute Gasteiger partial charge is 0.394 e. The van der Waals surface area contributed by atoms with Crippen LogP contribution in [0.4, 0.5) is 0 Å².